The van der Waals surface area contributed by atoms with Gasteiger partial charge in [-0.05, 0) is 37.1 Å². The predicted octanol–water partition coefficient (Wildman–Crippen LogP) is 3.31. The van der Waals surface area contributed by atoms with Crippen LogP contribution in [0.1, 0.15) is 22.3 Å². The first-order valence-electron chi connectivity index (χ1n) is 7.03. The molecule has 106 valence electrons. The highest BCUT2D eigenvalue weighted by Gasteiger charge is 2.07. The fourth-order valence-corrected chi connectivity index (χ4v) is 2.25. The third-order valence-electron chi connectivity index (χ3n) is 3.58. The van der Waals surface area contributed by atoms with Gasteiger partial charge in [0.25, 0.3) is 0 Å². The number of aromatic nitrogens is 4. The molecule has 0 amide bonds. The summed E-state index contributed by atoms with van der Waals surface area (Å²) in [6, 6.07) is 14.6. The molecule has 4 heteroatoms. The van der Waals surface area contributed by atoms with Crippen LogP contribution in [0.15, 0.2) is 42.5 Å². The minimum absolute atomic E-state index is 0.645. The molecule has 0 spiro atoms. The summed E-state index contributed by atoms with van der Waals surface area (Å²) < 4.78 is 0. The van der Waals surface area contributed by atoms with E-state index in [1.54, 1.807) is 4.80 Å². The van der Waals surface area contributed by atoms with Gasteiger partial charge in [0.15, 0.2) is 0 Å². The lowest BCUT2D eigenvalue weighted by Gasteiger charge is -2.05. The summed E-state index contributed by atoms with van der Waals surface area (Å²) in [5.41, 5.74) is 5.93. The minimum Gasteiger partial charge on any atom is -0.159 e. The molecule has 0 unspecified atom stereocenters. The van der Waals surface area contributed by atoms with Crippen LogP contribution in [0.3, 0.4) is 0 Å². The summed E-state index contributed by atoms with van der Waals surface area (Å²) >= 11 is 0. The number of hydrogen-bond donors (Lipinski definition) is 0. The maximum Gasteiger partial charge on any atom is 0.204 e. The number of hydrogen-bond acceptors (Lipinski definition) is 3. The summed E-state index contributed by atoms with van der Waals surface area (Å²) in [7, 11) is 0. The molecule has 3 aromatic rings. The standard InChI is InChI=1S/C17H18N4/c1-12-5-8-15(9-6-12)17-18-20-21(19-17)11-16-10-13(2)4-7-14(16)3/h4-10H,11H2,1-3H3. The van der Waals surface area contributed by atoms with E-state index in [-0.39, 0.29) is 0 Å². The topological polar surface area (TPSA) is 43.6 Å². The van der Waals surface area contributed by atoms with Crippen molar-refractivity contribution in [3.63, 3.8) is 0 Å². The van der Waals surface area contributed by atoms with Crippen LogP contribution < -0.4 is 0 Å². The van der Waals surface area contributed by atoms with Gasteiger partial charge in [0.2, 0.25) is 5.82 Å². The second-order valence-corrected chi connectivity index (χ2v) is 5.44. The molecule has 0 aliphatic rings. The van der Waals surface area contributed by atoms with Gasteiger partial charge in [0.1, 0.15) is 0 Å². The number of nitrogens with zero attached hydrogens (tertiary/aromatic N) is 4. The Morgan fingerprint density at radius 1 is 0.905 bits per heavy atom. The Labute approximate surface area is 124 Å². The Morgan fingerprint density at radius 2 is 1.62 bits per heavy atom. The second kappa shape index (κ2) is 5.48. The molecule has 4 nitrogen and oxygen atoms in total. The predicted molar refractivity (Wildman–Crippen MR) is 83.0 cm³/mol. The van der Waals surface area contributed by atoms with Gasteiger partial charge >= 0.3 is 0 Å². The molecule has 0 saturated heterocycles. The summed E-state index contributed by atoms with van der Waals surface area (Å²) in [6.07, 6.45) is 0. The number of aryl methyl sites for hydroxylation is 3. The summed E-state index contributed by atoms with van der Waals surface area (Å²) in [5, 5.41) is 12.8. The number of benzene rings is 2. The molecule has 2 aromatic carbocycles. The van der Waals surface area contributed by atoms with E-state index >= 15 is 0 Å². The van der Waals surface area contributed by atoms with Gasteiger partial charge < -0.3 is 0 Å². The van der Waals surface area contributed by atoms with Crippen molar-refractivity contribution in [2.75, 3.05) is 0 Å². The van der Waals surface area contributed by atoms with E-state index in [0.29, 0.717) is 12.4 Å². The van der Waals surface area contributed by atoms with Crippen molar-refractivity contribution in [2.45, 2.75) is 27.3 Å². The van der Waals surface area contributed by atoms with Gasteiger partial charge in [-0.15, -0.1) is 10.2 Å². The maximum absolute atomic E-state index is 4.47. The van der Waals surface area contributed by atoms with Gasteiger partial charge in [-0.3, -0.25) is 0 Å². The van der Waals surface area contributed by atoms with E-state index in [1.807, 2.05) is 12.1 Å². The smallest absolute Gasteiger partial charge is 0.159 e. The van der Waals surface area contributed by atoms with Crippen LogP contribution in [-0.2, 0) is 6.54 Å². The SMILES string of the molecule is Cc1ccc(-c2nnn(Cc3cc(C)ccc3C)n2)cc1. The zero-order chi connectivity index (χ0) is 14.8. The molecule has 1 heterocycles. The van der Waals surface area contributed by atoms with Crippen LogP contribution in [0.2, 0.25) is 0 Å². The zero-order valence-corrected chi connectivity index (χ0v) is 12.5. The van der Waals surface area contributed by atoms with Gasteiger partial charge in [0.05, 0.1) is 6.54 Å². The molecule has 0 N–H and O–H groups in total. The van der Waals surface area contributed by atoms with Crippen molar-refractivity contribution in [1.82, 2.24) is 20.2 Å². The van der Waals surface area contributed by atoms with Gasteiger partial charge in [0, 0.05) is 5.56 Å². The van der Waals surface area contributed by atoms with E-state index in [1.165, 1.54) is 22.3 Å². The lowest BCUT2D eigenvalue weighted by molar-refractivity contribution is 0.571. The van der Waals surface area contributed by atoms with Crippen LogP contribution in [0.4, 0.5) is 0 Å². The van der Waals surface area contributed by atoms with Gasteiger partial charge in [-0.25, -0.2) is 0 Å². The Balaban J connectivity index is 1.85. The Morgan fingerprint density at radius 3 is 2.38 bits per heavy atom. The zero-order valence-electron chi connectivity index (χ0n) is 12.5. The van der Waals surface area contributed by atoms with Crippen LogP contribution in [0, 0.1) is 20.8 Å². The van der Waals surface area contributed by atoms with E-state index in [4.69, 9.17) is 0 Å². The van der Waals surface area contributed by atoms with Gasteiger partial charge in [-0.1, -0.05) is 53.6 Å². The average Bonchev–Trinajstić information content (AvgIpc) is 2.92. The third-order valence-corrected chi connectivity index (χ3v) is 3.58. The summed E-state index contributed by atoms with van der Waals surface area (Å²) in [4.78, 5) is 1.65. The third kappa shape index (κ3) is 2.99. The largest absolute Gasteiger partial charge is 0.204 e. The van der Waals surface area contributed by atoms with Crippen molar-refractivity contribution in [1.29, 1.82) is 0 Å². The van der Waals surface area contributed by atoms with Crippen LogP contribution in [-0.4, -0.2) is 20.2 Å². The molecule has 0 bridgehead atoms. The van der Waals surface area contributed by atoms with Crippen LogP contribution in [0.25, 0.3) is 11.4 Å². The Kier molecular flexibility index (Phi) is 3.52. The summed E-state index contributed by atoms with van der Waals surface area (Å²) in [6.45, 7) is 6.91. The Hall–Kier alpha value is -2.49. The molecule has 3 rings (SSSR count). The van der Waals surface area contributed by atoms with Crippen molar-refractivity contribution in [2.24, 2.45) is 0 Å². The average molecular weight is 278 g/mol. The van der Waals surface area contributed by atoms with E-state index in [0.717, 1.165) is 5.56 Å². The highest BCUT2D eigenvalue weighted by atomic mass is 15.6. The maximum atomic E-state index is 4.47. The molecule has 0 aliphatic heterocycles. The molecular weight excluding hydrogens is 260 g/mol. The molecule has 0 fully saturated rings. The van der Waals surface area contributed by atoms with Crippen LogP contribution in [0.5, 0.6) is 0 Å². The molecule has 1 aromatic heterocycles. The molecule has 0 radical (unpaired) electrons. The second-order valence-electron chi connectivity index (χ2n) is 5.44. The first-order chi connectivity index (χ1) is 10.1. The lowest BCUT2D eigenvalue weighted by atomic mass is 10.1. The monoisotopic (exact) mass is 278 g/mol. The van der Waals surface area contributed by atoms with Crippen LogP contribution >= 0.6 is 0 Å². The van der Waals surface area contributed by atoms with Crippen molar-refractivity contribution < 1.29 is 0 Å². The van der Waals surface area contributed by atoms with Crippen molar-refractivity contribution in [3.05, 3.63) is 64.7 Å². The molecule has 0 aliphatic carbocycles. The highest BCUT2D eigenvalue weighted by molar-refractivity contribution is 5.54. The van der Waals surface area contributed by atoms with Crippen molar-refractivity contribution >= 4 is 0 Å². The fraction of sp³-hybridized carbons (Fsp3) is 0.235. The number of tetrazole rings is 1. The van der Waals surface area contributed by atoms with E-state index in [9.17, 15) is 0 Å². The lowest BCUT2D eigenvalue weighted by Crippen LogP contribution is -2.05. The normalized spacial score (nSPS) is 10.8. The molecule has 21 heavy (non-hydrogen) atoms. The number of rotatable bonds is 3. The minimum atomic E-state index is 0.645. The first-order valence-corrected chi connectivity index (χ1v) is 7.03. The van der Waals surface area contributed by atoms with Gasteiger partial charge in [-0.2, -0.15) is 4.80 Å². The Bertz CT molecular complexity index is 757. The quantitative estimate of drug-likeness (QED) is 0.738. The van der Waals surface area contributed by atoms with E-state index in [2.05, 4.69) is 66.5 Å². The fourth-order valence-electron chi connectivity index (χ4n) is 2.25. The van der Waals surface area contributed by atoms with E-state index < -0.39 is 0 Å². The molecular formula is C17H18N4. The highest BCUT2D eigenvalue weighted by Crippen LogP contribution is 2.15. The molecule has 0 atom stereocenters. The molecule has 0 saturated carbocycles. The first kappa shape index (κ1) is 13.5. The van der Waals surface area contributed by atoms with Crippen molar-refractivity contribution in [3.8, 4) is 11.4 Å². The summed E-state index contributed by atoms with van der Waals surface area (Å²) in [5.74, 6) is 0.667.